The van der Waals surface area contributed by atoms with Crippen LogP contribution >= 0.6 is 27.3 Å². The van der Waals surface area contributed by atoms with Gasteiger partial charge in [0.25, 0.3) is 5.91 Å². The highest BCUT2D eigenvalue weighted by molar-refractivity contribution is 9.11. The number of amides is 1. The summed E-state index contributed by atoms with van der Waals surface area (Å²) in [6.07, 6.45) is 0. The zero-order valence-corrected chi connectivity index (χ0v) is 13.6. The van der Waals surface area contributed by atoms with Gasteiger partial charge in [-0.3, -0.25) is 4.79 Å². The number of rotatable bonds is 3. The molecule has 0 spiro atoms. The van der Waals surface area contributed by atoms with Crippen molar-refractivity contribution in [2.24, 2.45) is 0 Å². The summed E-state index contributed by atoms with van der Waals surface area (Å²) >= 11 is 4.95. The van der Waals surface area contributed by atoms with Crippen LogP contribution in [0, 0.1) is 13.8 Å². The van der Waals surface area contributed by atoms with E-state index in [4.69, 9.17) is 0 Å². The molecule has 19 heavy (non-hydrogen) atoms. The number of thiophene rings is 1. The molecule has 0 atom stereocenters. The first-order valence-electron chi connectivity index (χ1n) is 6.05. The highest BCUT2D eigenvalue weighted by Crippen LogP contribution is 2.28. The van der Waals surface area contributed by atoms with Crippen molar-refractivity contribution in [1.82, 2.24) is 4.90 Å². The lowest BCUT2D eigenvalue weighted by atomic mass is 10.1. The Kier molecular flexibility index (Phi) is 4.42. The minimum absolute atomic E-state index is 0.0713. The molecule has 1 heterocycles. The summed E-state index contributed by atoms with van der Waals surface area (Å²) in [7, 11) is 1.84. The van der Waals surface area contributed by atoms with Gasteiger partial charge in [-0.25, -0.2) is 0 Å². The Balaban J connectivity index is 2.14. The summed E-state index contributed by atoms with van der Waals surface area (Å²) in [5.41, 5.74) is 3.51. The first kappa shape index (κ1) is 14.3. The van der Waals surface area contributed by atoms with E-state index in [0.29, 0.717) is 6.54 Å². The van der Waals surface area contributed by atoms with Crippen molar-refractivity contribution in [2.45, 2.75) is 20.4 Å². The first-order valence-corrected chi connectivity index (χ1v) is 7.66. The Morgan fingerprint density at radius 2 is 1.95 bits per heavy atom. The van der Waals surface area contributed by atoms with Crippen LogP contribution in [0.1, 0.15) is 26.4 Å². The fourth-order valence-electron chi connectivity index (χ4n) is 1.87. The van der Waals surface area contributed by atoms with Crippen molar-refractivity contribution in [3.63, 3.8) is 0 Å². The maximum absolute atomic E-state index is 12.3. The van der Waals surface area contributed by atoms with Gasteiger partial charge in [0, 0.05) is 13.6 Å². The van der Waals surface area contributed by atoms with Crippen molar-refractivity contribution < 1.29 is 4.79 Å². The average Bonchev–Trinajstić information content (AvgIpc) is 2.71. The SMILES string of the molecule is Cc1ccccc1CN(C)C(=O)c1cc(C)c(Br)s1. The molecule has 4 heteroatoms. The lowest BCUT2D eigenvalue weighted by Crippen LogP contribution is -2.25. The Labute approximate surface area is 126 Å². The van der Waals surface area contributed by atoms with Gasteiger partial charge >= 0.3 is 0 Å². The number of aryl methyl sites for hydroxylation is 2. The fourth-order valence-corrected chi connectivity index (χ4v) is 3.40. The molecule has 1 aromatic carbocycles. The summed E-state index contributed by atoms with van der Waals surface area (Å²) in [6, 6.07) is 10.1. The van der Waals surface area contributed by atoms with Crippen LogP contribution in [0.2, 0.25) is 0 Å². The summed E-state index contributed by atoms with van der Waals surface area (Å²) in [5, 5.41) is 0. The number of nitrogens with zero attached hydrogens (tertiary/aromatic N) is 1. The predicted octanol–water partition coefficient (Wildman–Crippen LogP) is 4.40. The zero-order chi connectivity index (χ0) is 14.0. The monoisotopic (exact) mass is 337 g/mol. The summed E-state index contributed by atoms with van der Waals surface area (Å²) in [6.45, 7) is 4.71. The molecule has 0 N–H and O–H groups in total. The molecule has 0 fully saturated rings. The third-order valence-corrected chi connectivity index (χ3v) is 5.21. The lowest BCUT2D eigenvalue weighted by Gasteiger charge is -2.17. The molecular weight excluding hydrogens is 322 g/mol. The number of halogens is 1. The van der Waals surface area contributed by atoms with E-state index >= 15 is 0 Å². The van der Waals surface area contributed by atoms with Gasteiger partial charge in [-0.15, -0.1) is 11.3 Å². The van der Waals surface area contributed by atoms with Crippen LogP contribution in [0.15, 0.2) is 34.1 Å². The van der Waals surface area contributed by atoms with E-state index < -0.39 is 0 Å². The number of benzene rings is 1. The first-order chi connectivity index (χ1) is 8.99. The largest absolute Gasteiger partial charge is 0.337 e. The molecule has 0 saturated heterocycles. The second-order valence-corrected chi connectivity index (χ2v) is 7.03. The maximum atomic E-state index is 12.3. The van der Waals surface area contributed by atoms with Gasteiger partial charge in [-0.05, 0) is 52.5 Å². The van der Waals surface area contributed by atoms with Crippen LogP contribution in [-0.4, -0.2) is 17.9 Å². The topological polar surface area (TPSA) is 20.3 Å². The van der Waals surface area contributed by atoms with Gasteiger partial charge in [0.1, 0.15) is 0 Å². The van der Waals surface area contributed by atoms with E-state index in [2.05, 4.69) is 35.0 Å². The summed E-state index contributed by atoms with van der Waals surface area (Å²) in [5.74, 6) is 0.0713. The van der Waals surface area contributed by atoms with Gasteiger partial charge in [0.2, 0.25) is 0 Å². The molecule has 100 valence electrons. The van der Waals surface area contributed by atoms with Crippen LogP contribution < -0.4 is 0 Å². The second-order valence-electron chi connectivity index (χ2n) is 4.66. The Hall–Kier alpha value is -1.13. The quantitative estimate of drug-likeness (QED) is 0.812. The predicted molar refractivity (Wildman–Crippen MR) is 83.7 cm³/mol. The fraction of sp³-hybridized carbons (Fsp3) is 0.267. The van der Waals surface area contributed by atoms with Gasteiger partial charge in [-0.2, -0.15) is 0 Å². The van der Waals surface area contributed by atoms with Gasteiger partial charge < -0.3 is 4.90 Å². The van der Waals surface area contributed by atoms with Gasteiger partial charge in [0.05, 0.1) is 8.66 Å². The molecule has 1 amide bonds. The van der Waals surface area contributed by atoms with Crippen LogP contribution in [-0.2, 0) is 6.54 Å². The Bertz CT molecular complexity index is 586. The molecule has 0 aliphatic heterocycles. The minimum atomic E-state index is 0.0713. The Morgan fingerprint density at radius 1 is 1.26 bits per heavy atom. The average molecular weight is 338 g/mol. The number of carbonyl (C=O) groups is 1. The number of hydrogen-bond acceptors (Lipinski definition) is 2. The van der Waals surface area contributed by atoms with Crippen molar-refractivity contribution in [2.75, 3.05) is 7.05 Å². The maximum Gasteiger partial charge on any atom is 0.264 e. The highest BCUT2D eigenvalue weighted by atomic mass is 79.9. The highest BCUT2D eigenvalue weighted by Gasteiger charge is 2.16. The third-order valence-electron chi connectivity index (χ3n) is 3.08. The van der Waals surface area contributed by atoms with Crippen molar-refractivity contribution in [3.8, 4) is 0 Å². The second kappa shape index (κ2) is 5.88. The summed E-state index contributed by atoms with van der Waals surface area (Å²) < 4.78 is 1.03. The van der Waals surface area contributed by atoms with Crippen molar-refractivity contribution in [3.05, 3.63) is 55.7 Å². The number of carbonyl (C=O) groups excluding carboxylic acids is 1. The standard InChI is InChI=1S/C15H16BrNOS/c1-10-6-4-5-7-12(10)9-17(3)15(18)13-8-11(2)14(16)19-13/h4-8H,9H2,1-3H3. The molecule has 1 aromatic heterocycles. The molecule has 2 rings (SSSR count). The molecule has 0 bridgehead atoms. The van der Waals surface area contributed by atoms with E-state index in [1.54, 1.807) is 4.90 Å². The van der Waals surface area contributed by atoms with E-state index in [0.717, 1.165) is 14.2 Å². The lowest BCUT2D eigenvalue weighted by molar-refractivity contribution is 0.0789. The van der Waals surface area contributed by atoms with E-state index in [9.17, 15) is 4.79 Å². The van der Waals surface area contributed by atoms with Crippen LogP contribution in [0.3, 0.4) is 0 Å². The molecule has 0 radical (unpaired) electrons. The molecule has 0 saturated carbocycles. The molecule has 2 nitrogen and oxygen atoms in total. The molecular formula is C15H16BrNOS. The van der Waals surface area contributed by atoms with Crippen LogP contribution in [0.25, 0.3) is 0 Å². The molecule has 0 aliphatic carbocycles. The van der Waals surface area contributed by atoms with Gasteiger partial charge in [0.15, 0.2) is 0 Å². The van der Waals surface area contributed by atoms with Crippen LogP contribution in [0.5, 0.6) is 0 Å². The molecule has 2 aromatic rings. The minimum Gasteiger partial charge on any atom is -0.337 e. The Morgan fingerprint density at radius 3 is 2.53 bits per heavy atom. The third kappa shape index (κ3) is 3.25. The van der Waals surface area contributed by atoms with Crippen molar-refractivity contribution in [1.29, 1.82) is 0 Å². The summed E-state index contributed by atoms with van der Waals surface area (Å²) in [4.78, 5) is 14.9. The van der Waals surface area contributed by atoms with E-state index in [1.165, 1.54) is 22.5 Å². The molecule has 0 unspecified atom stereocenters. The molecule has 0 aliphatic rings. The van der Waals surface area contributed by atoms with Crippen LogP contribution in [0.4, 0.5) is 0 Å². The normalized spacial score (nSPS) is 10.5. The van der Waals surface area contributed by atoms with Gasteiger partial charge in [-0.1, -0.05) is 24.3 Å². The zero-order valence-electron chi connectivity index (χ0n) is 11.2. The number of hydrogen-bond donors (Lipinski definition) is 0. The van der Waals surface area contributed by atoms with Crippen molar-refractivity contribution >= 4 is 33.2 Å². The van der Waals surface area contributed by atoms with E-state index in [1.807, 2.05) is 32.2 Å². The smallest absolute Gasteiger partial charge is 0.264 e. The van der Waals surface area contributed by atoms with E-state index in [-0.39, 0.29) is 5.91 Å².